The number of benzene rings is 2. The maximum Gasteiger partial charge on any atom is 0.201 e. The van der Waals surface area contributed by atoms with Crippen LogP contribution in [0.25, 0.3) is 5.57 Å². The highest BCUT2D eigenvalue weighted by atomic mass is 32.2. The zero-order chi connectivity index (χ0) is 13.7. The molecular formula is C15H11NO2S. The van der Waals surface area contributed by atoms with Gasteiger partial charge in [-0.15, -0.1) is 0 Å². The van der Waals surface area contributed by atoms with E-state index in [1.54, 1.807) is 42.5 Å². The van der Waals surface area contributed by atoms with Crippen molar-refractivity contribution in [3.05, 3.63) is 71.6 Å². The van der Waals surface area contributed by atoms with Crippen LogP contribution < -0.4 is 0 Å². The maximum absolute atomic E-state index is 12.1. The summed E-state index contributed by atoms with van der Waals surface area (Å²) in [6, 6.07) is 18.7. The highest BCUT2D eigenvalue weighted by molar-refractivity contribution is 7.94. The molecule has 0 fully saturated rings. The summed E-state index contributed by atoms with van der Waals surface area (Å²) >= 11 is 0. The molecule has 0 atom stereocenters. The first-order chi connectivity index (χ1) is 9.13. The Morgan fingerprint density at radius 3 is 2.00 bits per heavy atom. The maximum atomic E-state index is 12.1. The largest absolute Gasteiger partial charge is 0.219 e. The molecule has 0 aliphatic rings. The molecule has 0 aliphatic carbocycles. The fourth-order valence-corrected chi connectivity index (χ4v) is 2.78. The van der Waals surface area contributed by atoms with E-state index in [-0.39, 0.29) is 10.5 Å². The Morgan fingerprint density at radius 2 is 1.47 bits per heavy atom. The SMILES string of the molecule is N#C/C(=C/S(=O)(=O)c1ccccc1)c1ccccc1. The van der Waals surface area contributed by atoms with Crippen LogP contribution in [-0.2, 0) is 9.84 Å². The normalized spacial score (nSPS) is 11.8. The Balaban J connectivity index is 2.48. The Bertz CT molecular complexity index is 727. The Hall–Kier alpha value is -2.38. The quantitative estimate of drug-likeness (QED) is 0.805. The molecule has 0 amide bonds. The minimum atomic E-state index is -3.60. The van der Waals surface area contributed by atoms with Gasteiger partial charge in [-0.25, -0.2) is 8.42 Å². The Labute approximate surface area is 112 Å². The molecule has 3 nitrogen and oxygen atoms in total. The lowest BCUT2D eigenvalue weighted by atomic mass is 10.1. The molecule has 0 radical (unpaired) electrons. The van der Waals surface area contributed by atoms with Gasteiger partial charge in [0.2, 0.25) is 9.84 Å². The first-order valence-electron chi connectivity index (χ1n) is 5.61. The number of hydrogen-bond acceptors (Lipinski definition) is 3. The van der Waals surface area contributed by atoms with Crippen molar-refractivity contribution in [1.82, 2.24) is 0 Å². The van der Waals surface area contributed by atoms with E-state index in [1.807, 2.05) is 12.1 Å². The number of nitrogens with zero attached hydrogens (tertiary/aromatic N) is 1. The lowest BCUT2D eigenvalue weighted by Crippen LogP contribution is -1.97. The lowest BCUT2D eigenvalue weighted by Gasteiger charge is -2.01. The molecule has 0 spiro atoms. The molecule has 0 bridgehead atoms. The highest BCUT2D eigenvalue weighted by Gasteiger charge is 2.13. The van der Waals surface area contributed by atoms with Crippen LogP contribution in [0, 0.1) is 11.3 Å². The van der Waals surface area contributed by atoms with Crippen molar-refractivity contribution in [2.45, 2.75) is 4.90 Å². The second-order valence-electron chi connectivity index (χ2n) is 3.87. The number of sulfone groups is 1. The van der Waals surface area contributed by atoms with Gasteiger partial charge in [0.25, 0.3) is 0 Å². The average Bonchev–Trinajstić information content (AvgIpc) is 2.47. The van der Waals surface area contributed by atoms with Gasteiger partial charge in [0.05, 0.1) is 15.9 Å². The second-order valence-corrected chi connectivity index (χ2v) is 5.66. The van der Waals surface area contributed by atoms with Crippen LogP contribution in [0.3, 0.4) is 0 Å². The molecule has 2 aromatic rings. The van der Waals surface area contributed by atoms with E-state index in [0.717, 1.165) is 5.41 Å². The minimum absolute atomic E-state index is 0.129. The summed E-state index contributed by atoms with van der Waals surface area (Å²) in [5.74, 6) is 0. The molecule has 4 heteroatoms. The summed E-state index contributed by atoms with van der Waals surface area (Å²) in [4.78, 5) is 0.179. The monoisotopic (exact) mass is 269 g/mol. The summed E-state index contributed by atoms with van der Waals surface area (Å²) in [5.41, 5.74) is 0.717. The average molecular weight is 269 g/mol. The zero-order valence-electron chi connectivity index (χ0n) is 10.0. The Morgan fingerprint density at radius 1 is 0.947 bits per heavy atom. The van der Waals surface area contributed by atoms with Crippen molar-refractivity contribution in [3.8, 4) is 6.07 Å². The van der Waals surface area contributed by atoms with E-state index in [4.69, 9.17) is 5.26 Å². The molecule has 0 unspecified atom stereocenters. The van der Waals surface area contributed by atoms with Crippen molar-refractivity contribution in [3.63, 3.8) is 0 Å². The second kappa shape index (κ2) is 5.51. The molecule has 0 N–H and O–H groups in total. The summed E-state index contributed by atoms with van der Waals surface area (Å²) < 4.78 is 24.3. The van der Waals surface area contributed by atoms with Gasteiger partial charge in [0, 0.05) is 0 Å². The van der Waals surface area contributed by atoms with Gasteiger partial charge in [0.1, 0.15) is 6.07 Å². The molecule has 19 heavy (non-hydrogen) atoms. The smallest absolute Gasteiger partial charge is 0.201 e. The number of nitriles is 1. The van der Waals surface area contributed by atoms with Gasteiger partial charge in [-0.05, 0) is 17.7 Å². The van der Waals surface area contributed by atoms with Crippen LogP contribution in [0.15, 0.2) is 71.0 Å². The van der Waals surface area contributed by atoms with Crippen LogP contribution in [0.1, 0.15) is 5.56 Å². The van der Waals surface area contributed by atoms with Crippen molar-refractivity contribution in [2.75, 3.05) is 0 Å². The van der Waals surface area contributed by atoms with E-state index in [2.05, 4.69) is 0 Å². The number of hydrogen-bond donors (Lipinski definition) is 0. The van der Waals surface area contributed by atoms with Crippen LogP contribution >= 0.6 is 0 Å². The van der Waals surface area contributed by atoms with Gasteiger partial charge in [0.15, 0.2) is 0 Å². The number of rotatable bonds is 3. The van der Waals surface area contributed by atoms with E-state index in [1.165, 1.54) is 12.1 Å². The number of allylic oxidation sites excluding steroid dienone is 1. The van der Waals surface area contributed by atoms with Crippen LogP contribution in [-0.4, -0.2) is 8.42 Å². The van der Waals surface area contributed by atoms with E-state index >= 15 is 0 Å². The van der Waals surface area contributed by atoms with E-state index in [9.17, 15) is 8.42 Å². The predicted octanol–water partition coefficient (Wildman–Crippen LogP) is 3.02. The van der Waals surface area contributed by atoms with Gasteiger partial charge in [-0.1, -0.05) is 48.5 Å². The molecule has 0 saturated carbocycles. The van der Waals surface area contributed by atoms with Crippen molar-refractivity contribution in [1.29, 1.82) is 5.26 Å². The van der Waals surface area contributed by atoms with Gasteiger partial charge in [-0.3, -0.25) is 0 Å². The molecular weight excluding hydrogens is 258 g/mol. The third-order valence-electron chi connectivity index (χ3n) is 2.55. The van der Waals surface area contributed by atoms with Crippen LogP contribution in [0.2, 0.25) is 0 Å². The molecule has 0 aliphatic heterocycles. The zero-order valence-corrected chi connectivity index (χ0v) is 10.8. The Kier molecular flexibility index (Phi) is 3.79. The summed E-state index contributed by atoms with van der Waals surface area (Å²) in [7, 11) is -3.60. The molecule has 94 valence electrons. The molecule has 2 rings (SSSR count). The molecule has 2 aromatic carbocycles. The van der Waals surface area contributed by atoms with Crippen molar-refractivity contribution in [2.24, 2.45) is 0 Å². The fraction of sp³-hybridized carbons (Fsp3) is 0. The van der Waals surface area contributed by atoms with Crippen LogP contribution in [0.4, 0.5) is 0 Å². The summed E-state index contributed by atoms with van der Waals surface area (Å²) in [5, 5.41) is 10.1. The topological polar surface area (TPSA) is 57.9 Å². The van der Waals surface area contributed by atoms with Gasteiger partial charge < -0.3 is 0 Å². The van der Waals surface area contributed by atoms with E-state index < -0.39 is 9.84 Å². The molecule has 0 saturated heterocycles. The highest BCUT2D eigenvalue weighted by Crippen LogP contribution is 2.19. The summed E-state index contributed by atoms with van der Waals surface area (Å²) in [6.07, 6.45) is 0. The van der Waals surface area contributed by atoms with Gasteiger partial charge >= 0.3 is 0 Å². The third kappa shape index (κ3) is 3.09. The van der Waals surface area contributed by atoms with Crippen molar-refractivity contribution < 1.29 is 8.42 Å². The van der Waals surface area contributed by atoms with Crippen molar-refractivity contribution >= 4 is 15.4 Å². The third-order valence-corrected chi connectivity index (χ3v) is 4.03. The fourth-order valence-electron chi connectivity index (χ4n) is 1.61. The van der Waals surface area contributed by atoms with Gasteiger partial charge in [-0.2, -0.15) is 5.26 Å². The summed E-state index contributed by atoms with van der Waals surface area (Å²) in [6.45, 7) is 0. The van der Waals surface area contributed by atoms with Crippen LogP contribution in [0.5, 0.6) is 0 Å². The first kappa shape index (κ1) is 13.1. The molecule has 0 aromatic heterocycles. The standard InChI is InChI=1S/C15H11NO2S/c16-11-14(13-7-3-1-4-8-13)12-19(17,18)15-9-5-2-6-10-15/h1-10,12H/b14-12-. The lowest BCUT2D eigenvalue weighted by molar-refractivity contribution is 0.605. The van der Waals surface area contributed by atoms with E-state index in [0.29, 0.717) is 5.56 Å². The minimum Gasteiger partial charge on any atom is -0.219 e. The predicted molar refractivity (Wildman–Crippen MR) is 73.7 cm³/mol. The first-order valence-corrected chi connectivity index (χ1v) is 7.15. The molecule has 0 heterocycles.